The molecule has 0 aromatic heterocycles. The lowest BCUT2D eigenvalue weighted by Crippen LogP contribution is -2.37. The Morgan fingerprint density at radius 1 is 1.43 bits per heavy atom. The molecule has 5 N–H and O–H groups in total. The zero-order valence-corrected chi connectivity index (χ0v) is 3.92. The third-order valence-electron chi connectivity index (χ3n) is 0.437. The first-order chi connectivity index (χ1) is 3.12. The van der Waals surface area contributed by atoms with Gasteiger partial charge in [0.1, 0.15) is 0 Å². The molecule has 0 atom stereocenters. The van der Waals surface area contributed by atoms with Gasteiger partial charge in [-0.25, -0.2) is 21.5 Å². The van der Waals surface area contributed by atoms with Crippen molar-refractivity contribution in [3.8, 4) is 0 Å². The van der Waals surface area contributed by atoms with Crippen molar-refractivity contribution in [1.82, 2.24) is 0 Å². The molecule has 0 aromatic carbocycles. The first-order valence-electron chi connectivity index (χ1n) is 1.60. The molecule has 0 spiro atoms. The number of hydrogen-bond donors (Lipinski definition) is 3. The van der Waals surface area contributed by atoms with Gasteiger partial charge >= 0.3 is 5.97 Å². The minimum atomic E-state index is -1.86. The number of rotatable bonds is 2. The zero-order chi connectivity index (χ0) is 5.91. The van der Waals surface area contributed by atoms with Gasteiger partial charge in [0.15, 0.2) is 0 Å². The summed E-state index contributed by atoms with van der Waals surface area (Å²) in [5, 5.41) is 8.44. The highest BCUT2D eigenvalue weighted by Crippen LogP contribution is 1.97. The maximum Gasteiger partial charge on any atom is 0.309 e. The van der Waals surface area contributed by atoms with E-state index < -0.39 is 5.97 Å². The van der Waals surface area contributed by atoms with Gasteiger partial charge in [-0.15, -0.1) is 0 Å². The summed E-state index contributed by atoms with van der Waals surface area (Å²) in [6, 6.07) is 0. The smallest absolute Gasteiger partial charge is 0.309 e. The van der Waals surface area contributed by atoms with E-state index in [-0.39, 0.29) is 0 Å². The fourth-order valence-electron chi connectivity index (χ4n) is 0.0278. The van der Waals surface area contributed by atoms with E-state index in [0.717, 1.165) is 6.92 Å². The Bertz CT molecular complexity index is 48.9. The van der Waals surface area contributed by atoms with Gasteiger partial charge < -0.3 is 5.11 Å². The lowest BCUT2D eigenvalue weighted by atomic mass is 10.7. The van der Waals surface area contributed by atoms with Crippen LogP contribution in [0.1, 0.15) is 6.92 Å². The SMILES string of the molecule is CC(O)(ON)ON. The Balaban J connectivity index is 3.36. The molecule has 7 heavy (non-hydrogen) atoms. The lowest BCUT2D eigenvalue weighted by molar-refractivity contribution is -0.354. The molecule has 0 bridgehead atoms. The van der Waals surface area contributed by atoms with Crippen LogP contribution >= 0.6 is 0 Å². The van der Waals surface area contributed by atoms with Crippen molar-refractivity contribution in [2.75, 3.05) is 0 Å². The van der Waals surface area contributed by atoms with Crippen molar-refractivity contribution < 1.29 is 14.8 Å². The summed E-state index contributed by atoms with van der Waals surface area (Å²) in [5.41, 5.74) is 0. The molecule has 0 amide bonds. The largest absolute Gasteiger partial charge is 0.341 e. The molecular formula is C2H8N2O3. The first kappa shape index (κ1) is 6.80. The minimum absolute atomic E-state index is 1.16. The molecule has 0 fully saturated rings. The normalized spacial score (nSPS) is 12.0. The summed E-state index contributed by atoms with van der Waals surface area (Å²) in [7, 11) is 0. The fraction of sp³-hybridized carbons (Fsp3) is 1.00. The van der Waals surface area contributed by atoms with Gasteiger partial charge in [-0.3, -0.25) is 0 Å². The highest BCUT2D eigenvalue weighted by atomic mass is 16.9. The maximum atomic E-state index is 8.44. The van der Waals surface area contributed by atoms with Crippen LogP contribution in [0.3, 0.4) is 0 Å². The molecular weight excluding hydrogens is 100 g/mol. The Morgan fingerprint density at radius 2 is 1.71 bits per heavy atom. The van der Waals surface area contributed by atoms with Gasteiger partial charge in [-0.1, -0.05) is 0 Å². The lowest BCUT2D eigenvalue weighted by Gasteiger charge is -2.15. The van der Waals surface area contributed by atoms with Crippen molar-refractivity contribution in [2.45, 2.75) is 12.9 Å². The maximum absolute atomic E-state index is 8.44. The first-order valence-corrected chi connectivity index (χ1v) is 1.60. The second-order valence-corrected chi connectivity index (χ2v) is 1.13. The Labute approximate surface area is 40.7 Å². The van der Waals surface area contributed by atoms with Gasteiger partial charge in [0.05, 0.1) is 0 Å². The Kier molecular flexibility index (Phi) is 2.13. The van der Waals surface area contributed by atoms with Crippen LogP contribution in [0.5, 0.6) is 0 Å². The molecule has 0 heterocycles. The third-order valence-corrected chi connectivity index (χ3v) is 0.437. The number of hydrogen-bond acceptors (Lipinski definition) is 5. The standard InChI is InChI=1S/C2H8N2O3/c1-2(5,6-3)7-4/h5H,3-4H2,1H3. The van der Waals surface area contributed by atoms with Gasteiger partial charge in [-0.2, -0.15) is 0 Å². The van der Waals surface area contributed by atoms with Crippen molar-refractivity contribution in [3.05, 3.63) is 0 Å². The number of nitrogens with two attached hydrogens (primary N) is 2. The predicted octanol–water partition coefficient (Wildman–Crippen LogP) is -1.57. The van der Waals surface area contributed by atoms with Crippen LogP contribution in [0, 0.1) is 0 Å². The van der Waals surface area contributed by atoms with Gasteiger partial charge in [0, 0.05) is 6.92 Å². The van der Waals surface area contributed by atoms with Crippen LogP contribution < -0.4 is 11.8 Å². The highest BCUT2D eigenvalue weighted by molar-refractivity contribution is 4.31. The molecule has 0 aliphatic heterocycles. The topological polar surface area (TPSA) is 90.7 Å². The number of aliphatic hydroxyl groups is 1. The van der Waals surface area contributed by atoms with E-state index in [0.29, 0.717) is 0 Å². The molecule has 0 aliphatic rings. The van der Waals surface area contributed by atoms with Crippen LogP contribution in [-0.4, -0.2) is 11.1 Å². The van der Waals surface area contributed by atoms with Crippen LogP contribution in [0.25, 0.3) is 0 Å². The molecule has 0 rings (SSSR count). The molecule has 0 radical (unpaired) electrons. The zero-order valence-electron chi connectivity index (χ0n) is 3.92. The Morgan fingerprint density at radius 3 is 1.71 bits per heavy atom. The van der Waals surface area contributed by atoms with E-state index in [2.05, 4.69) is 21.5 Å². The van der Waals surface area contributed by atoms with Crippen LogP contribution in [0.15, 0.2) is 0 Å². The van der Waals surface area contributed by atoms with E-state index in [1.165, 1.54) is 0 Å². The third kappa shape index (κ3) is 2.49. The summed E-state index contributed by atoms with van der Waals surface area (Å²) in [6.45, 7) is 1.16. The van der Waals surface area contributed by atoms with Gasteiger partial charge in [0.25, 0.3) is 0 Å². The van der Waals surface area contributed by atoms with Crippen molar-refractivity contribution in [1.29, 1.82) is 0 Å². The fourth-order valence-corrected chi connectivity index (χ4v) is 0.0278. The molecule has 0 aliphatic carbocycles. The summed E-state index contributed by atoms with van der Waals surface area (Å²) < 4.78 is 0. The molecule has 0 saturated heterocycles. The second-order valence-electron chi connectivity index (χ2n) is 1.13. The summed E-state index contributed by atoms with van der Waals surface area (Å²) in [4.78, 5) is 7.59. The van der Waals surface area contributed by atoms with Gasteiger partial charge in [0.2, 0.25) is 0 Å². The Hall–Kier alpha value is -0.200. The monoisotopic (exact) mass is 108 g/mol. The van der Waals surface area contributed by atoms with E-state index in [1.807, 2.05) is 0 Å². The van der Waals surface area contributed by atoms with Crippen LogP contribution in [0.2, 0.25) is 0 Å². The minimum Gasteiger partial charge on any atom is -0.341 e. The second kappa shape index (κ2) is 2.20. The van der Waals surface area contributed by atoms with Crippen LogP contribution in [0.4, 0.5) is 0 Å². The molecule has 0 saturated carbocycles. The van der Waals surface area contributed by atoms with Crippen molar-refractivity contribution in [3.63, 3.8) is 0 Å². The van der Waals surface area contributed by atoms with E-state index in [9.17, 15) is 0 Å². The molecule has 5 heteroatoms. The summed E-state index contributed by atoms with van der Waals surface area (Å²) >= 11 is 0. The van der Waals surface area contributed by atoms with E-state index >= 15 is 0 Å². The predicted molar refractivity (Wildman–Crippen MR) is 21.2 cm³/mol. The average Bonchev–Trinajstić information content (AvgIpc) is 1.68. The molecule has 0 unspecified atom stereocenters. The van der Waals surface area contributed by atoms with E-state index in [1.54, 1.807) is 0 Å². The van der Waals surface area contributed by atoms with Crippen LogP contribution in [-0.2, 0) is 9.68 Å². The molecule has 0 aromatic rings. The average molecular weight is 108 g/mol. The molecule has 5 nitrogen and oxygen atoms in total. The molecule has 44 valence electrons. The van der Waals surface area contributed by atoms with E-state index in [4.69, 9.17) is 5.11 Å². The summed E-state index contributed by atoms with van der Waals surface area (Å²) in [5.74, 6) is 7.06. The van der Waals surface area contributed by atoms with Crippen molar-refractivity contribution >= 4 is 0 Å². The van der Waals surface area contributed by atoms with Gasteiger partial charge in [-0.05, 0) is 0 Å². The van der Waals surface area contributed by atoms with Crippen molar-refractivity contribution in [2.24, 2.45) is 11.8 Å². The quantitative estimate of drug-likeness (QED) is 0.294. The summed E-state index contributed by atoms with van der Waals surface area (Å²) in [6.07, 6.45) is 0. The highest BCUT2D eigenvalue weighted by Gasteiger charge is 2.18.